The number of hydrogen-bond donors (Lipinski definition) is 3. The molecule has 0 aliphatic carbocycles. The lowest BCUT2D eigenvalue weighted by Gasteiger charge is -2.25. The van der Waals surface area contributed by atoms with Gasteiger partial charge in [0.2, 0.25) is 0 Å². The number of aliphatic hydroxyl groups excluding tert-OH is 1. The van der Waals surface area contributed by atoms with E-state index in [2.05, 4.69) is 15.7 Å². The van der Waals surface area contributed by atoms with Crippen LogP contribution in [0.1, 0.15) is 0 Å². The average molecular weight is 302 g/mol. The zero-order valence-electron chi connectivity index (χ0n) is 12.5. The number of hydrogen-bond acceptors (Lipinski definition) is 5. The molecular weight excluding hydrogens is 280 g/mol. The first-order chi connectivity index (χ1) is 10.8. The van der Waals surface area contributed by atoms with Gasteiger partial charge in [-0.15, -0.1) is 0 Å². The molecule has 1 aliphatic heterocycles. The van der Waals surface area contributed by atoms with E-state index in [1.54, 1.807) is 0 Å². The summed E-state index contributed by atoms with van der Waals surface area (Å²) in [5.74, 6) is 2.33. The molecule has 0 saturated carbocycles. The molecule has 0 fully saturated rings. The van der Waals surface area contributed by atoms with Crippen LogP contribution in [0.2, 0.25) is 0 Å². The Bertz CT molecular complexity index is 573. The number of rotatable bonds is 7. The van der Waals surface area contributed by atoms with Gasteiger partial charge in [-0.3, -0.25) is 0 Å². The molecule has 2 heterocycles. The molecule has 6 heteroatoms. The highest BCUT2D eigenvalue weighted by atomic mass is 16.5. The van der Waals surface area contributed by atoms with Crippen LogP contribution < -0.4 is 15.4 Å². The first kappa shape index (κ1) is 14.9. The summed E-state index contributed by atoms with van der Waals surface area (Å²) in [4.78, 5) is 0. The maximum atomic E-state index is 9.94. The van der Waals surface area contributed by atoms with E-state index < -0.39 is 6.10 Å². The van der Waals surface area contributed by atoms with Crippen molar-refractivity contribution in [2.45, 2.75) is 12.6 Å². The van der Waals surface area contributed by atoms with Crippen LogP contribution in [0.5, 0.6) is 5.75 Å². The Morgan fingerprint density at radius 3 is 3.09 bits per heavy atom. The topological polar surface area (TPSA) is 71.3 Å². The van der Waals surface area contributed by atoms with Crippen LogP contribution in [-0.4, -0.2) is 47.2 Å². The van der Waals surface area contributed by atoms with Crippen LogP contribution >= 0.6 is 0 Å². The van der Waals surface area contributed by atoms with E-state index in [4.69, 9.17) is 4.74 Å². The van der Waals surface area contributed by atoms with Gasteiger partial charge in [-0.25, -0.2) is 4.68 Å². The number of ether oxygens (including phenoxy) is 1. The van der Waals surface area contributed by atoms with Crippen molar-refractivity contribution < 1.29 is 9.84 Å². The molecule has 0 spiro atoms. The fourth-order valence-electron chi connectivity index (χ4n) is 2.55. The van der Waals surface area contributed by atoms with Crippen molar-refractivity contribution in [2.24, 2.45) is 5.92 Å². The van der Waals surface area contributed by atoms with E-state index in [0.29, 0.717) is 19.1 Å². The molecule has 22 heavy (non-hydrogen) atoms. The lowest BCUT2D eigenvalue weighted by atomic mass is 10.1. The number of para-hydroxylation sites is 1. The third-order valence-corrected chi connectivity index (χ3v) is 3.72. The van der Waals surface area contributed by atoms with Crippen LogP contribution in [0, 0.1) is 5.92 Å². The number of fused-ring (bicyclic) bond motifs is 1. The number of nitrogens with zero attached hydrogens (tertiary/aromatic N) is 2. The second-order valence-corrected chi connectivity index (χ2v) is 5.58. The number of nitrogens with one attached hydrogen (secondary N) is 2. The molecule has 0 saturated heterocycles. The van der Waals surface area contributed by atoms with E-state index >= 15 is 0 Å². The van der Waals surface area contributed by atoms with Crippen LogP contribution in [0.15, 0.2) is 42.6 Å². The smallest absolute Gasteiger partial charge is 0.124 e. The predicted octanol–water partition coefficient (Wildman–Crippen LogP) is 0.954. The summed E-state index contributed by atoms with van der Waals surface area (Å²) in [5.41, 5.74) is 0. The summed E-state index contributed by atoms with van der Waals surface area (Å²) < 4.78 is 7.51. The summed E-state index contributed by atoms with van der Waals surface area (Å²) in [5, 5.41) is 20.9. The van der Waals surface area contributed by atoms with Crippen molar-refractivity contribution in [2.75, 3.05) is 31.6 Å². The molecule has 2 atom stereocenters. The Morgan fingerprint density at radius 2 is 2.23 bits per heavy atom. The fraction of sp³-hybridized carbons (Fsp3) is 0.438. The van der Waals surface area contributed by atoms with Crippen molar-refractivity contribution in [3.8, 4) is 5.75 Å². The minimum absolute atomic E-state index is 0.295. The zero-order valence-corrected chi connectivity index (χ0v) is 12.5. The van der Waals surface area contributed by atoms with Gasteiger partial charge < -0.3 is 20.5 Å². The molecule has 3 N–H and O–H groups in total. The third-order valence-electron chi connectivity index (χ3n) is 3.72. The Morgan fingerprint density at radius 1 is 1.36 bits per heavy atom. The predicted molar refractivity (Wildman–Crippen MR) is 85.0 cm³/mol. The fourth-order valence-corrected chi connectivity index (χ4v) is 2.55. The molecule has 1 aliphatic rings. The lowest BCUT2D eigenvalue weighted by molar-refractivity contribution is 0.105. The van der Waals surface area contributed by atoms with Crippen LogP contribution in [-0.2, 0) is 6.54 Å². The van der Waals surface area contributed by atoms with Crippen molar-refractivity contribution >= 4 is 5.82 Å². The van der Waals surface area contributed by atoms with Gasteiger partial charge in [-0.1, -0.05) is 18.2 Å². The number of anilines is 1. The Kier molecular flexibility index (Phi) is 4.92. The number of aliphatic hydroxyl groups is 1. The maximum Gasteiger partial charge on any atom is 0.124 e. The van der Waals surface area contributed by atoms with Crippen molar-refractivity contribution in [3.63, 3.8) is 0 Å². The molecule has 6 nitrogen and oxygen atoms in total. The largest absolute Gasteiger partial charge is 0.491 e. The normalized spacial score (nSPS) is 18.3. The second kappa shape index (κ2) is 7.29. The van der Waals surface area contributed by atoms with E-state index in [1.165, 1.54) is 0 Å². The quantitative estimate of drug-likeness (QED) is 0.710. The van der Waals surface area contributed by atoms with Gasteiger partial charge in [0, 0.05) is 38.2 Å². The highest BCUT2D eigenvalue weighted by molar-refractivity contribution is 5.35. The highest BCUT2D eigenvalue weighted by Gasteiger charge is 2.18. The molecule has 0 radical (unpaired) electrons. The molecule has 1 aromatic heterocycles. The van der Waals surface area contributed by atoms with Gasteiger partial charge in [0.1, 0.15) is 24.3 Å². The van der Waals surface area contributed by atoms with E-state index in [1.807, 2.05) is 47.3 Å². The van der Waals surface area contributed by atoms with Gasteiger partial charge >= 0.3 is 0 Å². The van der Waals surface area contributed by atoms with E-state index in [9.17, 15) is 5.11 Å². The Balaban J connectivity index is 1.33. The first-order valence-electron chi connectivity index (χ1n) is 7.63. The van der Waals surface area contributed by atoms with Crippen LogP contribution in [0.3, 0.4) is 0 Å². The van der Waals surface area contributed by atoms with Crippen molar-refractivity contribution in [1.82, 2.24) is 15.1 Å². The Labute approximate surface area is 130 Å². The van der Waals surface area contributed by atoms with Gasteiger partial charge in [-0.05, 0) is 12.1 Å². The second-order valence-electron chi connectivity index (χ2n) is 5.58. The van der Waals surface area contributed by atoms with E-state index in [0.717, 1.165) is 31.2 Å². The van der Waals surface area contributed by atoms with Gasteiger partial charge in [-0.2, -0.15) is 5.10 Å². The molecule has 0 amide bonds. The molecule has 0 bridgehead atoms. The van der Waals surface area contributed by atoms with Gasteiger partial charge in [0.15, 0.2) is 0 Å². The van der Waals surface area contributed by atoms with Gasteiger partial charge in [0.25, 0.3) is 0 Å². The summed E-state index contributed by atoms with van der Waals surface area (Å²) >= 11 is 0. The lowest BCUT2D eigenvalue weighted by Crippen LogP contribution is -2.39. The summed E-state index contributed by atoms with van der Waals surface area (Å²) in [6, 6.07) is 11.5. The van der Waals surface area contributed by atoms with Crippen molar-refractivity contribution in [3.05, 3.63) is 42.6 Å². The highest BCUT2D eigenvalue weighted by Crippen LogP contribution is 2.15. The Hall–Kier alpha value is -2.05. The standard InChI is InChI=1S/C16H22N4O2/c21-14(12-22-15-4-2-1-3-5-15)10-17-8-13-9-18-16-6-7-19-20(16)11-13/h1-7,13-14,17-18,21H,8-12H2/t13-,14+/m0/s1. The zero-order chi connectivity index (χ0) is 15.2. The molecule has 118 valence electrons. The monoisotopic (exact) mass is 302 g/mol. The molecule has 2 aromatic rings. The first-order valence-corrected chi connectivity index (χ1v) is 7.63. The summed E-state index contributed by atoms with van der Waals surface area (Å²) in [7, 11) is 0. The molecular formula is C16H22N4O2. The summed E-state index contributed by atoms with van der Waals surface area (Å²) in [6.07, 6.45) is 1.29. The summed E-state index contributed by atoms with van der Waals surface area (Å²) in [6.45, 7) is 3.49. The minimum atomic E-state index is -0.517. The number of benzene rings is 1. The van der Waals surface area contributed by atoms with Crippen LogP contribution in [0.25, 0.3) is 0 Å². The molecule has 0 unspecified atom stereocenters. The van der Waals surface area contributed by atoms with Crippen LogP contribution in [0.4, 0.5) is 5.82 Å². The average Bonchev–Trinajstić information content (AvgIpc) is 3.02. The van der Waals surface area contributed by atoms with Crippen molar-refractivity contribution in [1.29, 1.82) is 0 Å². The SMILES string of the molecule is O[C@H](CNC[C@H]1CNc2ccnn2C1)COc1ccccc1. The van der Waals surface area contributed by atoms with Gasteiger partial charge in [0.05, 0.1) is 6.20 Å². The molecule has 3 rings (SSSR count). The third kappa shape index (κ3) is 3.99. The maximum absolute atomic E-state index is 9.94. The minimum Gasteiger partial charge on any atom is -0.491 e. The molecule has 1 aromatic carbocycles. The number of aromatic nitrogens is 2. The van der Waals surface area contributed by atoms with E-state index in [-0.39, 0.29) is 0 Å².